The normalized spacial score (nSPS) is 12.3. The molecule has 2 rings (SSSR count). The van der Waals surface area contributed by atoms with Crippen LogP contribution in [0.4, 0.5) is 0 Å². The number of aryl methyl sites for hydroxylation is 1. The van der Waals surface area contributed by atoms with E-state index in [1.54, 1.807) is 0 Å². The monoisotopic (exact) mass is 339 g/mol. The fraction of sp³-hybridized carbons (Fsp3) is 0.200. The Morgan fingerprint density at radius 1 is 1.21 bits per heavy atom. The molecule has 0 amide bonds. The highest BCUT2D eigenvalue weighted by Gasteiger charge is 2.08. The number of hydrogen-bond donors (Lipinski definition) is 1. The molecule has 2 aromatic rings. The van der Waals surface area contributed by atoms with Crippen LogP contribution in [0.5, 0.6) is 11.5 Å². The van der Waals surface area contributed by atoms with Crippen molar-refractivity contribution in [1.82, 2.24) is 0 Å². The van der Waals surface area contributed by atoms with Crippen molar-refractivity contribution >= 4 is 27.5 Å². The molecule has 0 aromatic heterocycles. The van der Waals surface area contributed by atoms with E-state index < -0.39 is 0 Å². The summed E-state index contributed by atoms with van der Waals surface area (Å²) in [5, 5.41) is 0.707. The number of hydrogen-bond acceptors (Lipinski definition) is 2. The van der Waals surface area contributed by atoms with E-state index in [1.807, 2.05) is 50.2 Å². The second-order valence-electron chi connectivity index (χ2n) is 4.48. The summed E-state index contributed by atoms with van der Waals surface area (Å²) in [6.07, 6.45) is 0. The molecule has 1 atom stereocenters. The van der Waals surface area contributed by atoms with Crippen LogP contribution in [0.25, 0.3) is 0 Å². The van der Waals surface area contributed by atoms with Crippen molar-refractivity contribution in [2.24, 2.45) is 5.73 Å². The summed E-state index contributed by atoms with van der Waals surface area (Å²) in [6.45, 7) is 3.91. The average molecular weight is 341 g/mol. The maximum atomic E-state index is 5.92. The van der Waals surface area contributed by atoms with Gasteiger partial charge in [0, 0.05) is 15.5 Å². The third kappa shape index (κ3) is 3.50. The van der Waals surface area contributed by atoms with Crippen LogP contribution in [-0.4, -0.2) is 0 Å². The zero-order chi connectivity index (χ0) is 14.0. The molecular formula is C15H15BrClNO. The molecule has 0 fully saturated rings. The first kappa shape index (κ1) is 14.4. The predicted octanol–water partition coefficient (Wildman–Crippen LogP) is 5.22. The van der Waals surface area contributed by atoms with Gasteiger partial charge < -0.3 is 10.5 Å². The molecule has 0 aliphatic heterocycles. The van der Waals surface area contributed by atoms with Crippen molar-refractivity contribution < 1.29 is 4.74 Å². The average Bonchev–Trinajstić information content (AvgIpc) is 2.32. The minimum absolute atomic E-state index is 0.0132. The van der Waals surface area contributed by atoms with E-state index in [0.717, 1.165) is 27.1 Å². The Kier molecular flexibility index (Phi) is 4.50. The number of benzene rings is 2. The number of halogens is 2. The molecule has 0 saturated heterocycles. The van der Waals surface area contributed by atoms with E-state index in [9.17, 15) is 0 Å². The van der Waals surface area contributed by atoms with Gasteiger partial charge in [0.1, 0.15) is 11.5 Å². The van der Waals surface area contributed by atoms with Crippen molar-refractivity contribution in [3.05, 3.63) is 57.0 Å². The first-order chi connectivity index (χ1) is 8.97. The summed E-state index contributed by atoms with van der Waals surface area (Å²) in [5.74, 6) is 1.56. The lowest BCUT2D eigenvalue weighted by atomic mass is 10.1. The summed E-state index contributed by atoms with van der Waals surface area (Å²) < 4.78 is 6.80. The Hall–Kier alpha value is -1.03. The second kappa shape index (κ2) is 5.95. The largest absolute Gasteiger partial charge is 0.457 e. The Balaban J connectivity index is 2.26. The number of ether oxygens (including phenoxy) is 1. The fourth-order valence-corrected chi connectivity index (χ4v) is 2.74. The Bertz CT molecular complexity index is 599. The molecule has 0 spiro atoms. The highest BCUT2D eigenvalue weighted by atomic mass is 79.9. The van der Waals surface area contributed by atoms with E-state index in [1.165, 1.54) is 0 Å². The quantitative estimate of drug-likeness (QED) is 0.831. The third-order valence-corrected chi connectivity index (χ3v) is 3.75. The molecule has 4 heteroatoms. The van der Waals surface area contributed by atoms with Gasteiger partial charge in [-0.3, -0.25) is 0 Å². The molecule has 2 aromatic carbocycles. The summed E-state index contributed by atoms with van der Waals surface area (Å²) >= 11 is 9.43. The van der Waals surface area contributed by atoms with Gasteiger partial charge in [-0.2, -0.15) is 0 Å². The van der Waals surface area contributed by atoms with E-state index in [2.05, 4.69) is 15.9 Å². The van der Waals surface area contributed by atoms with E-state index in [4.69, 9.17) is 22.1 Å². The van der Waals surface area contributed by atoms with Gasteiger partial charge in [-0.25, -0.2) is 0 Å². The molecule has 0 heterocycles. The topological polar surface area (TPSA) is 35.2 Å². The van der Waals surface area contributed by atoms with Gasteiger partial charge in [-0.1, -0.05) is 33.6 Å². The van der Waals surface area contributed by atoms with Gasteiger partial charge in [0.25, 0.3) is 0 Å². The first-order valence-electron chi connectivity index (χ1n) is 5.96. The predicted molar refractivity (Wildman–Crippen MR) is 83.0 cm³/mol. The zero-order valence-electron chi connectivity index (χ0n) is 10.8. The highest BCUT2D eigenvalue weighted by molar-refractivity contribution is 9.10. The Morgan fingerprint density at radius 2 is 1.95 bits per heavy atom. The molecule has 0 aliphatic rings. The van der Waals surface area contributed by atoms with Crippen LogP contribution in [0, 0.1) is 6.92 Å². The molecular weight excluding hydrogens is 326 g/mol. The summed E-state index contributed by atoms with van der Waals surface area (Å²) in [7, 11) is 0. The lowest BCUT2D eigenvalue weighted by Gasteiger charge is -2.12. The van der Waals surface area contributed by atoms with Gasteiger partial charge in [0.15, 0.2) is 0 Å². The summed E-state index contributed by atoms with van der Waals surface area (Å²) in [4.78, 5) is 0. The lowest BCUT2D eigenvalue weighted by molar-refractivity contribution is 0.478. The third-order valence-electron chi connectivity index (χ3n) is 2.83. The van der Waals surface area contributed by atoms with Crippen molar-refractivity contribution in [2.75, 3.05) is 0 Å². The first-order valence-corrected chi connectivity index (χ1v) is 7.13. The maximum Gasteiger partial charge on any atom is 0.130 e. The molecule has 19 heavy (non-hydrogen) atoms. The van der Waals surface area contributed by atoms with Crippen LogP contribution in [0.2, 0.25) is 5.02 Å². The molecule has 0 aliphatic carbocycles. The molecule has 100 valence electrons. The second-order valence-corrected chi connectivity index (χ2v) is 5.77. The highest BCUT2D eigenvalue weighted by Crippen LogP contribution is 2.31. The van der Waals surface area contributed by atoms with Crippen molar-refractivity contribution in [3.63, 3.8) is 0 Å². The smallest absolute Gasteiger partial charge is 0.130 e. The van der Waals surface area contributed by atoms with Crippen molar-refractivity contribution in [2.45, 2.75) is 19.9 Å². The summed E-state index contributed by atoms with van der Waals surface area (Å²) in [6, 6.07) is 11.3. The van der Waals surface area contributed by atoms with Crippen LogP contribution >= 0.6 is 27.5 Å². The van der Waals surface area contributed by atoms with E-state index in [0.29, 0.717) is 5.02 Å². The zero-order valence-corrected chi connectivity index (χ0v) is 13.1. The molecule has 0 bridgehead atoms. The lowest BCUT2D eigenvalue weighted by Crippen LogP contribution is -2.05. The molecule has 0 saturated carbocycles. The fourth-order valence-electron chi connectivity index (χ4n) is 1.79. The molecule has 2 N–H and O–H groups in total. The van der Waals surface area contributed by atoms with Crippen LogP contribution in [-0.2, 0) is 0 Å². The minimum Gasteiger partial charge on any atom is -0.457 e. The Labute approximate surface area is 126 Å². The SMILES string of the molecule is Cc1cc(Cl)ccc1Oc1ccc([C@H](C)N)c(Br)c1. The number of nitrogens with two attached hydrogens (primary N) is 1. The minimum atomic E-state index is -0.0132. The van der Waals surface area contributed by atoms with Gasteiger partial charge in [-0.15, -0.1) is 0 Å². The van der Waals surface area contributed by atoms with Gasteiger partial charge in [0.2, 0.25) is 0 Å². The van der Waals surface area contributed by atoms with Gasteiger partial charge >= 0.3 is 0 Å². The number of rotatable bonds is 3. The molecule has 2 nitrogen and oxygen atoms in total. The van der Waals surface area contributed by atoms with Crippen LogP contribution in [0.15, 0.2) is 40.9 Å². The van der Waals surface area contributed by atoms with Crippen LogP contribution in [0.1, 0.15) is 24.1 Å². The molecule has 0 radical (unpaired) electrons. The van der Waals surface area contributed by atoms with Gasteiger partial charge in [0.05, 0.1) is 0 Å². The van der Waals surface area contributed by atoms with Crippen molar-refractivity contribution in [1.29, 1.82) is 0 Å². The Morgan fingerprint density at radius 3 is 2.53 bits per heavy atom. The van der Waals surface area contributed by atoms with Crippen molar-refractivity contribution in [3.8, 4) is 11.5 Å². The van der Waals surface area contributed by atoms with E-state index in [-0.39, 0.29) is 6.04 Å². The van der Waals surface area contributed by atoms with E-state index >= 15 is 0 Å². The molecule has 0 unspecified atom stereocenters. The van der Waals surface area contributed by atoms with Crippen LogP contribution < -0.4 is 10.5 Å². The maximum absolute atomic E-state index is 5.92. The van der Waals surface area contributed by atoms with Gasteiger partial charge in [-0.05, 0) is 55.3 Å². The van der Waals surface area contributed by atoms with Crippen LogP contribution in [0.3, 0.4) is 0 Å². The standard InChI is InChI=1S/C15H15BrClNO/c1-9-7-11(17)3-6-15(9)19-12-4-5-13(10(2)18)14(16)8-12/h3-8,10H,18H2,1-2H3/t10-/m0/s1. The summed E-state index contributed by atoms with van der Waals surface area (Å²) in [5.41, 5.74) is 7.93.